The lowest BCUT2D eigenvalue weighted by Gasteiger charge is -2.39. The maximum absolute atomic E-state index is 11.2. The van der Waals surface area contributed by atoms with Crippen LogP contribution < -0.4 is 10.6 Å². The standard InChI is InChI=1S/C14H20N2O3/c1-9-7-11(8-12(13(9)15)14(18)19)16(5-6-17)10-3-2-4-10/h7-8,10,17H,2-6,15H2,1H3,(H,18,19). The third kappa shape index (κ3) is 2.66. The van der Waals surface area contributed by atoms with Crippen molar-refractivity contribution in [1.29, 1.82) is 0 Å². The molecule has 0 radical (unpaired) electrons. The van der Waals surface area contributed by atoms with Crippen molar-refractivity contribution in [2.24, 2.45) is 0 Å². The number of hydrogen-bond acceptors (Lipinski definition) is 4. The highest BCUT2D eigenvalue weighted by Crippen LogP contribution is 2.32. The van der Waals surface area contributed by atoms with Crippen LogP contribution in [-0.2, 0) is 0 Å². The van der Waals surface area contributed by atoms with Gasteiger partial charge in [0.2, 0.25) is 0 Å². The summed E-state index contributed by atoms with van der Waals surface area (Å²) in [7, 11) is 0. The third-order valence-electron chi connectivity index (χ3n) is 3.79. The molecule has 1 aliphatic carbocycles. The van der Waals surface area contributed by atoms with Crippen LogP contribution in [0.4, 0.5) is 11.4 Å². The highest BCUT2D eigenvalue weighted by molar-refractivity contribution is 5.95. The number of benzene rings is 1. The number of carbonyl (C=O) groups is 1. The summed E-state index contributed by atoms with van der Waals surface area (Å²) < 4.78 is 0. The summed E-state index contributed by atoms with van der Waals surface area (Å²) in [4.78, 5) is 13.3. The van der Waals surface area contributed by atoms with E-state index in [4.69, 9.17) is 5.73 Å². The van der Waals surface area contributed by atoms with Gasteiger partial charge in [0.15, 0.2) is 0 Å². The molecule has 0 aromatic heterocycles. The van der Waals surface area contributed by atoms with E-state index in [2.05, 4.69) is 4.90 Å². The highest BCUT2D eigenvalue weighted by atomic mass is 16.4. The number of aliphatic hydroxyl groups excluding tert-OH is 1. The lowest BCUT2D eigenvalue weighted by Crippen LogP contribution is -2.42. The molecule has 0 atom stereocenters. The second kappa shape index (κ2) is 5.48. The summed E-state index contributed by atoms with van der Waals surface area (Å²) in [6.45, 7) is 2.39. The molecule has 1 saturated carbocycles. The average molecular weight is 264 g/mol. The number of hydrogen-bond donors (Lipinski definition) is 3. The molecule has 19 heavy (non-hydrogen) atoms. The van der Waals surface area contributed by atoms with Gasteiger partial charge in [0.05, 0.1) is 12.2 Å². The van der Waals surface area contributed by atoms with Crippen molar-refractivity contribution < 1.29 is 15.0 Å². The van der Waals surface area contributed by atoms with E-state index in [1.54, 1.807) is 6.07 Å². The molecule has 0 amide bonds. The monoisotopic (exact) mass is 264 g/mol. The number of nitrogen functional groups attached to an aromatic ring is 1. The molecule has 0 unspecified atom stereocenters. The SMILES string of the molecule is Cc1cc(N(CCO)C2CCC2)cc(C(=O)O)c1N. The second-order valence-electron chi connectivity index (χ2n) is 5.03. The third-order valence-corrected chi connectivity index (χ3v) is 3.79. The molecule has 5 heteroatoms. The Hall–Kier alpha value is -1.75. The number of anilines is 2. The molecular weight excluding hydrogens is 244 g/mol. The molecule has 4 N–H and O–H groups in total. The number of rotatable bonds is 5. The molecule has 104 valence electrons. The molecule has 0 heterocycles. The molecule has 1 aliphatic rings. The zero-order chi connectivity index (χ0) is 14.0. The molecule has 0 bridgehead atoms. The summed E-state index contributed by atoms with van der Waals surface area (Å²) >= 11 is 0. The predicted octanol–water partition coefficient (Wildman–Crippen LogP) is 1.63. The van der Waals surface area contributed by atoms with Crippen LogP contribution in [0.25, 0.3) is 0 Å². The normalized spacial score (nSPS) is 15.1. The number of nitrogens with two attached hydrogens (primary N) is 1. The van der Waals surface area contributed by atoms with Gasteiger partial charge in [-0.05, 0) is 43.9 Å². The first-order chi connectivity index (χ1) is 9.04. The van der Waals surface area contributed by atoms with Crippen LogP contribution in [0, 0.1) is 6.92 Å². The Balaban J connectivity index is 2.38. The number of carboxylic acids is 1. The maximum atomic E-state index is 11.2. The minimum Gasteiger partial charge on any atom is -0.478 e. The number of aromatic carboxylic acids is 1. The lowest BCUT2D eigenvalue weighted by atomic mass is 9.90. The summed E-state index contributed by atoms with van der Waals surface area (Å²) in [5.41, 5.74) is 7.85. The topological polar surface area (TPSA) is 86.8 Å². The first-order valence-electron chi connectivity index (χ1n) is 6.55. The number of aryl methyl sites for hydroxylation is 1. The van der Waals surface area contributed by atoms with Gasteiger partial charge < -0.3 is 20.8 Å². The smallest absolute Gasteiger partial charge is 0.337 e. The van der Waals surface area contributed by atoms with Gasteiger partial charge in [0, 0.05) is 24.0 Å². The largest absolute Gasteiger partial charge is 0.478 e. The highest BCUT2D eigenvalue weighted by Gasteiger charge is 2.26. The molecule has 1 aromatic carbocycles. The zero-order valence-electron chi connectivity index (χ0n) is 11.1. The van der Waals surface area contributed by atoms with Crippen LogP contribution in [0.2, 0.25) is 0 Å². The van der Waals surface area contributed by atoms with Crippen molar-refractivity contribution in [2.75, 3.05) is 23.8 Å². The van der Waals surface area contributed by atoms with E-state index in [0.717, 1.165) is 24.1 Å². The Labute approximate surface area is 112 Å². The first-order valence-corrected chi connectivity index (χ1v) is 6.55. The van der Waals surface area contributed by atoms with Crippen molar-refractivity contribution in [3.8, 4) is 0 Å². The number of carboxylic acid groups (broad SMARTS) is 1. The van der Waals surface area contributed by atoms with E-state index in [-0.39, 0.29) is 12.2 Å². The van der Waals surface area contributed by atoms with Gasteiger partial charge in [-0.2, -0.15) is 0 Å². The Morgan fingerprint density at radius 2 is 2.16 bits per heavy atom. The fourth-order valence-corrected chi connectivity index (χ4v) is 2.45. The maximum Gasteiger partial charge on any atom is 0.337 e. The first kappa shape index (κ1) is 13.7. The van der Waals surface area contributed by atoms with E-state index >= 15 is 0 Å². The molecular formula is C14H20N2O3. The van der Waals surface area contributed by atoms with E-state index < -0.39 is 5.97 Å². The zero-order valence-corrected chi connectivity index (χ0v) is 11.1. The van der Waals surface area contributed by atoms with Crippen LogP contribution >= 0.6 is 0 Å². The van der Waals surface area contributed by atoms with E-state index in [1.807, 2.05) is 13.0 Å². The molecule has 0 aliphatic heterocycles. The quantitative estimate of drug-likeness (QED) is 0.704. The minimum absolute atomic E-state index is 0.0579. The van der Waals surface area contributed by atoms with Crippen LogP contribution in [-0.4, -0.2) is 35.4 Å². The lowest BCUT2D eigenvalue weighted by molar-refractivity contribution is 0.0698. The Bertz CT molecular complexity index is 484. The van der Waals surface area contributed by atoms with Crippen molar-refractivity contribution in [3.05, 3.63) is 23.3 Å². The van der Waals surface area contributed by atoms with Gasteiger partial charge in [-0.1, -0.05) is 0 Å². The van der Waals surface area contributed by atoms with Crippen molar-refractivity contribution in [2.45, 2.75) is 32.2 Å². The van der Waals surface area contributed by atoms with E-state index in [9.17, 15) is 15.0 Å². The Morgan fingerprint density at radius 3 is 2.63 bits per heavy atom. The molecule has 2 rings (SSSR count). The van der Waals surface area contributed by atoms with Gasteiger partial charge >= 0.3 is 5.97 Å². The van der Waals surface area contributed by atoms with E-state index in [0.29, 0.717) is 18.3 Å². The molecule has 1 aromatic rings. The van der Waals surface area contributed by atoms with Crippen LogP contribution in [0.5, 0.6) is 0 Å². The molecule has 0 saturated heterocycles. The van der Waals surface area contributed by atoms with Crippen molar-refractivity contribution in [3.63, 3.8) is 0 Å². The summed E-state index contributed by atoms with van der Waals surface area (Å²) in [5, 5.41) is 18.4. The number of aliphatic hydroxyl groups is 1. The van der Waals surface area contributed by atoms with Crippen molar-refractivity contribution in [1.82, 2.24) is 0 Å². The second-order valence-corrected chi connectivity index (χ2v) is 5.03. The van der Waals surface area contributed by atoms with Crippen LogP contribution in [0.1, 0.15) is 35.2 Å². The molecule has 1 fully saturated rings. The number of nitrogens with zero attached hydrogens (tertiary/aromatic N) is 1. The van der Waals surface area contributed by atoms with Gasteiger partial charge in [-0.15, -0.1) is 0 Å². The van der Waals surface area contributed by atoms with Crippen LogP contribution in [0.3, 0.4) is 0 Å². The van der Waals surface area contributed by atoms with E-state index in [1.165, 1.54) is 6.42 Å². The molecule has 0 spiro atoms. The Kier molecular flexibility index (Phi) is 3.95. The fraction of sp³-hybridized carbons (Fsp3) is 0.500. The van der Waals surface area contributed by atoms with Crippen molar-refractivity contribution >= 4 is 17.3 Å². The van der Waals surface area contributed by atoms with Gasteiger partial charge in [-0.3, -0.25) is 0 Å². The van der Waals surface area contributed by atoms with Gasteiger partial charge in [0.25, 0.3) is 0 Å². The summed E-state index contributed by atoms with van der Waals surface area (Å²) in [6, 6.07) is 3.91. The van der Waals surface area contributed by atoms with Gasteiger partial charge in [-0.25, -0.2) is 4.79 Å². The minimum atomic E-state index is -1.01. The fourth-order valence-electron chi connectivity index (χ4n) is 2.45. The van der Waals surface area contributed by atoms with Crippen LogP contribution in [0.15, 0.2) is 12.1 Å². The summed E-state index contributed by atoms with van der Waals surface area (Å²) in [6.07, 6.45) is 3.37. The average Bonchev–Trinajstić information content (AvgIpc) is 2.29. The van der Waals surface area contributed by atoms with Gasteiger partial charge in [0.1, 0.15) is 0 Å². The summed E-state index contributed by atoms with van der Waals surface area (Å²) in [5.74, 6) is -1.01. The Morgan fingerprint density at radius 1 is 1.47 bits per heavy atom. The molecule has 5 nitrogen and oxygen atoms in total. The predicted molar refractivity (Wildman–Crippen MR) is 74.6 cm³/mol.